The van der Waals surface area contributed by atoms with E-state index in [-0.39, 0.29) is 17.8 Å². The monoisotopic (exact) mass is 339 g/mol. The molecule has 1 saturated carbocycles. The predicted molar refractivity (Wildman–Crippen MR) is 87.7 cm³/mol. The van der Waals surface area contributed by atoms with Crippen LogP contribution in [0.4, 0.5) is 5.82 Å². The molecule has 8 nitrogen and oxygen atoms in total. The second-order valence-electron chi connectivity index (χ2n) is 6.12. The number of rotatable bonds is 6. The van der Waals surface area contributed by atoms with Crippen LogP contribution in [0.5, 0.6) is 0 Å². The maximum atomic E-state index is 11.8. The highest BCUT2D eigenvalue weighted by atomic mass is 32.2. The normalized spacial score (nSPS) is 22.7. The Labute approximate surface area is 135 Å². The largest absolute Gasteiger partial charge is 0.392 e. The summed E-state index contributed by atoms with van der Waals surface area (Å²) in [5.41, 5.74) is 0.787. The molecule has 0 spiro atoms. The minimum absolute atomic E-state index is 0.0882. The molecule has 0 amide bonds. The van der Waals surface area contributed by atoms with Gasteiger partial charge < -0.3 is 15.0 Å². The van der Waals surface area contributed by atoms with E-state index in [9.17, 15) is 13.5 Å². The molecule has 0 aromatic carbocycles. The molecule has 0 unspecified atom stereocenters. The summed E-state index contributed by atoms with van der Waals surface area (Å²) in [6.45, 7) is 1.47. The minimum Gasteiger partial charge on any atom is -0.392 e. The van der Waals surface area contributed by atoms with Gasteiger partial charge in [0.25, 0.3) is 0 Å². The number of aliphatic hydroxyl groups is 1. The quantitative estimate of drug-likeness (QED) is 0.694. The van der Waals surface area contributed by atoms with E-state index < -0.39 is 16.1 Å². The number of fused-ring (bicyclic) bond motifs is 1. The van der Waals surface area contributed by atoms with Gasteiger partial charge in [-0.2, -0.15) is 0 Å². The van der Waals surface area contributed by atoms with Crippen molar-refractivity contribution >= 4 is 26.9 Å². The van der Waals surface area contributed by atoms with E-state index in [4.69, 9.17) is 0 Å². The fourth-order valence-electron chi connectivity index (χ4n) is 2.93. The van der Waals surface area contributed by atoms with Crippen LogP contribution in [-0.4, -0.2) is 59.5 Å². The summed E-state index contributed by atoms with van der Waals surface area (Å²) in [6.07, 6.45) is 3.90. The third-order valence-electron chi connectivity index (χ3n) is 4.13. The summed E-state index contributed by atoms with van der Waals surface area (Å²) in [5, 5.41) is 10.2. The molecular weight excluding hydrogens is 318 g/mol. The number of sulfonamides is 1. The number of aliphatic hydroxyl groups excluding tert-OH is 1. The van der Waals surface area contributed by atoms with Gasteiger partial charge >= 0.3 is 0 Å². The second-order valence-corrected chi connectivity index (χ2v) is 7.92. The molecule has 9 heteroatoms. The minimum atomic E-state index is -3.43. The third kappa shape index (κ3) is 3.46. The Bertz CT molecular complexity index is 783. The molecule has 126 valence electrons. The van der Waals surface area contributed by atoms with E-state index in [1.165, 1.54) is 13.3 Å². The standard InChI is InChI=1S/C14H21N5O3S/c1-9(20)7-23(21,22)18-10-5-11(6-10)19(2)14-12-3-4-15-13(12)16-8-17-14/h3-4,8-11,18,20H,5-7H2,1-2H3,(H,15,16,17)/t9-,10-,11+/m1/s1. The van der Waals surface area contributed by atoms with Crippen molar-refractivity contribution in [3.63, 3.8) is 0 Å². The molecule has 0 radical (unpaired) electrons. The molecule has 1 atom stereocenters. The molecule has 1 fully saturated rings. The van der Waals surface area contributed by atoms with E-state index in [1.807, 2.05) is 19.3 Å². The molecule has 1 aliphatic rings. The van der Waals surface area contributed by atoms with Crippen molar-refractivity contribution in [3.8, 4) is 0 Å². The molecule has 3 rings (SSSR count). The fourth-order valence-corrected chi connectivity index (χ4v) is 4.36. The summed E-state index contributed by atoms with van der Waals surface area (Å²) in [6, 6.07) is 2.07. The van der Waals surface area contributed by atoms with Crippen LogP contribution < -0.4 is 9.62 Å². The first-order valence-electron chi connectivity index (χ1n) is 7.54. The molecule has 2 heterocycles. The van der Waals surface area contributed by atoms with Crippen molar-refractivity contribution in [1.29, 1.82) is 0 Å². The Morgan fingerprint density at radius 2 is 2.22 bits per heavy atom. The lowest BCUT2D eigenvalue weighted by Gasteiger charge is -2.41. The van der Waals surface area contributed by atoms with Crippen molar-refractivity contribution in [2.24, 2.45) is 0 Å². The summed E-state index contributed by atoms with van der Waals surface area (Å²) >= 11 is 0. The van der Waals surface area contributed by atoms with Crippen LogP contribution in [0.1, 0.15) is 19.8 Å². The number of nitrogens with one attached hydrogen (secondary N) is 2. The average Bonchev–Trinajstić information content (AvgIpc) is 2.88. The first-order valence-corrected chi connectivity index (χ1v) is 9.20. The van der Waals surface area contributed by atoms with Crippen LogP contribution in [0.25, 0.3) is 11.0 Å². The van der Waals surface area contributed by atoms with E-state index >= 15 is 0 Å². The molecule has 0 saturated heterocycles. The van der Waals surface area contributed by atoms with Gasteiger partial charge in [0.1, 0.15) is 17.8 Å². The SMILES string of the molecule is C[C@@H](O)CS(=O)(=O)N[C@H]1C[C@@H](N(C)c2ncnc3[nH]ccc23)C1. The zero-order chi connectivity index (χ0) is 16.6. The molecular formula is C14H21N5O3S. The van der Waals surface area contributed by atoms with E-state index in [2.05, 4.69) is 24.6 Å². The van der Waals surface area contributed by atoms with Gasteiger partial charge in [0.15, 0.2) is 0 Å². The maximum Gasteiger partial charge on any atom is 0.214 e. The van der Waals surface area contributed by atoms with Gasteiger partial charge in [-0.25, -0.2) is 23.1 Å². The van der Waals surface area contributed by atoms with E-state index in [1.54, 1.807) is 0 Å². The number of aromatic amines is 1. The van der Waals surface area contributed by atoms with E-state index in [0.717, 1.165) is 16.9 Å². The van der Waals surface area contributed by atoms with Crippen LogP contribution in [-0.2, 0) is 10.0 Å². The average molecular weight is 339 g/mol. The number of nitrogens with zero attached hydrogens (tertiary/aromatic N) is 3. The Morgan fingerprint density at radius 3 is 2.91 bits per heavy atom. The van der Waals surface area contributed by atoms with Crippen molar-refractivity contribution in [2.75, 3.05) is 17.7 Å². The molecule has 3 N–H and O–H groups in total. The Balaban J connectivity index is 1.62. The van der Waals surface area contributed by atoms with Crippen molar-refractivity contribution in [2.45, 2.75) is 38.0 Å². The molecule has 1 aliphatic carbocycles. The van der Waals surface area contributed by atoms with Gasteiger partial charge in [0.2, 0.25) is 10.0 Å². The number of hydrogen-bond acceptors (Lipinski definition) is 6. The summed E-state index contributed by atoms with van der Waals surface area (Å²) in [5.74, 6) is 0.575. The van der Waals surface area contributed by atoms with Crippen LogP contribution in [0, 0.1) is 0 Å². The van der Waals surface area contributed by atoms with Gasteiger partial charge in [0, 0.05) is 25.3 Å². The van der Waals surface area contributed by atoms with Crippen molar-refractivity contribution in [3.05, 3.63) is 18.6 Å². The summed E-state index contributed by atoms with van der Waals surface area (Å²) in [4.78, 5) is 13.6. The lowest BCUT2D eigenvalue weighted by molar-refractivity contribution is 0.217. The van der Waals surface area contributed by atoms with Gasteiger partial charge in [-0.15, -0.1) is 0 Å². The number of hydrogen-bond donors (Lipinski definition) is 3. The highest BCUT2D eigenvalue weighted by Gasteiger charge is 2.35. The lowest BCUT2D eigenvalue weighted by atomic mass is 9.86. The molecule has 2 aromatic rings. The van der Waals surface area contributed by atoms with Crippen LogP contribution in [0.3, 0.4) is 0 Å². The van der Waals surface area contributed by atoms with Crippen molar-refractivity contribution < 1.29 is 13.5 Å². The van der Waals surface area contributed by atoms with Crippen LogP contribution in [0.2, 0.25) is 0 Å². The predicted octanol–water partition coefficient (Wildman–Crippen LogP) is 0.225. The van der Waals surface area contributed by atoms with Crippen molar-refractivity contribution in [1.82, 2.24) is 19.7 Å². The van der Waals surface area contributed by atoms with Crippen LogP contribution in [0.15, 0.2) is 18.6 Å². The van der Waals surface area contributed by atoms with Gasteiger partial charge in [-0.05, 0) is 25.8 Å². The van der Waals surface area contributed by atoms with Gasteiger partial charge in [-0.3, -0.25) is 0 Å². The number of anilines is 1. The second kappa shape index (κ2) is 6.06. The highest BCUT2D eigenvalue weighted by Crippen LogP contribution is 2.31. The lowest BCUT2D eigenvalue weighted by Crippen LogP contribution is -2.53. The first kappa shape index (κ1) is 16.2. The van der Waals surface area contributed by atoms with Gasteiger partial charge in [0.05, 0.1) is 17.2 Å². The van der Waals surface area contributed by atoms with Crippen LogP contribution >= 0.6 is 0 Å². The molecule has 0 aliphatic heterocycles. The highest BCUT2D eigenvalue weighted by molar-refractivity contribution is 7.89. The third-order valence-corrected chi connectivity index (χ3v) is 5.75. The summed E-state index contributed by atoms with van der Waals surface area (Å²) in [7, 11) is -1.47. The zero-order valence-corrected chi connectivity index (χ0v) is 13.9. The Kier molecular flexibility index (Phi) is 4.26. The molecule has 2 aromatic heterocycles. The van der Waals surface area contributed by atoms with Gasteiger partial charge in [-0.1, -0.05) is 0 Å². The molecule has 0 bridgehead atoms. The first-order chi connectivity index (χ1) is 10.9. The fraction of sp³-hybridized carbons (Fsp3) is 0.571. The Morgan fingerprint density at radius 1 is 1.48 bits per heavy atom. The van der Waals surface area contributed by atoms with E-state index in [0.29, 0.717) is 12.8 Å². The Hall–Kier alpha value is -1.71. The topological polar surface area (TPSA) is 111 Å². The number of aromatic nitrogens is 3. The zero-order valence-electron chi connectivity index (χ0n) is 13.1. The molecule has 23 heavy (non-hydrogen) atoms. The smallest absolute Gasteiger partial charge is 0.214 e. The maximum absolute atomic E-state index is 11.8. The number of H-pyrrole nitrogens is 1. The summed E-state index contributed by atoms with van der Waals surface area (Å²) < 4.78 is 26.3.